The van der Waals surface area contributed by atoms with Gasteiger partial charge in [-0.3, -0.25) is 9.80 Å². The molecule has 0 aliphatic carbocycles. The lowest BCUT2D eigenvalue weighted by molar-refractivity contribution is 0.108. The second-order valence-corrected chi connectivity index (χ2v) is 4.86. The number of benzene rings is 1. The van der Waals surface area contributed by atoms with E-state index in [4.69, 9.17) is 10.8 Å². The molecule has 1 aliphatic rings. The van der Waals surface area contributed by atoms with Crippen LogP contribution in [0.15, 0.2) is 24.3 Å². The Morgan fingerprint density at radius 3 is 2.06 bits per heavy atom. The minimum absolute atomic E-state index is 0.264. The van der Waals surface area contributed by atoms with Gasteiger partial charge in [-0.2, -0.15) is 0 Å². The van der Waals surface area contributed by atoms with Crippen molar-refractivity contribution in [3.8, 4) is 0 Å². The number of β-amino-alcohol motifs (C(OH)–C–C–N with tert-alkyl or cyclic N) is 1. The third kappa shape index (κ3) is 3.78. The van der Waals surface area contributed by atoms with E-state index in [0.717, 1.165) is 39.3 Å². The molecule has 1 saturated heterocycles. The van der Waals surface area contributed by atoms with Gasteiger partial charge in [-0.05, 0) is 11.1 Å². The molecular formula is C14H23N3O. The molecular weight excluding hydrogens is 226 g/mol. The Morgan fingerprint density at radius 2 is 1.50 bits per heavy atom. The molecule has 0 bridgehead atoms. The number of nitrogens with two attached hydrogens (primary N) is 1. The molecule has 1 fully saturated rings. The number of nitrogens with zero attached hydrogens (tertiary/aromatic N) is 2. The second kappa shape index (κ2) is 6.85. The van der Waals surface area contributed by atoms with E-state index in [-0.39, 0.29) is 6.61 Å². The number of rotatable bonds is 5. The summed E-state index contributed by atoms with van der Waals surface area (Å²) in [7, 11) is 0. The van der Waals surface area contributed by atoms with Crippen molar-refractivity contribution in [1.82, 2.24) is 9.80 Å². The molecule has 18 heavy (non-hydrogen) atoms. The van der Waals surface area contributed by atoms with Gasteiger partial charge in [-0.25, -0.2) is 0 Å². The van der Waals surface area contributed by atoms with Crippen LogP contribution in [0, 0.1) is 0 Å². The molecule has 0 amide bonds. The Bertz CT molecular complexity index is 345. The van der Waals surface area contributed by atoms with Gasteiger partial charge in [0.1, 0.15) is 0 Å². The van der Waals surface area contributed by atoms with Gasteiger partial charge in [0.05, 0.1) is 6.61 Å². The van der Waals surface area contributed by atoms with Crippen LogP contribution >= 0.6 is 0 Å². The number of aliphatic hydroxyl groups excluding tert-OH is 1. The van der Waals surface area contributed by atoms with Crippen LogP contribution in [0.1, 0.15) is 11.1 Å². The largest absolute Gasteiger partial charge is 0.395 e. The molecule has 0 atom stereocenters. The zero-order chi connectivity index (χ0) is 12.8. The van der Waals surface area contributed by atoms with Gasteiger partial charge in [0, 0.05) is 45.8 Å². The third-order valence-electron chi connectivity index (χ3n) is 3.55. The van der Waals surface area contributed by atoms with E-state index in [1.54, 1.807) is 0 Å². The summed E-state index contributed by atoms with van der Waals surface area (Å²) in [5.41, 5.74) is 8.13. The van der Waals surface area contributed by atoms with Gasteiger partial charge >= 0.3 is 0 Å². The molecule has 0 unspecified atom stereocenters. The molecule has 0 radical (unpaired) electrons. The second-order valence-electron chi connectivity index (χ2n) is 4.86. The predicted octanol–water partition coefficient (Wildman–Crippen LogP) is 0.255. The first-order chi connectivity index (χ1) is 8.81. The highest BCUT2D eigenvalue weighted by Gasteiger charge is 2.16. The summed E-state index contributed by atoms with van der Waals surface area (Å²) in [6, 6.07) is 8.55. The molecule has 3 N–H and O–H groups in total. The van der Waals surface area contributed by atoms with Crippen molar-refractivity contribution >= 4 is 0 Å². The lowest BCUT2D eigenvalue weighted by Gasteiger charge is -2.34. The Kier molecular flexibility index (Phi) is 5.13. The highest BCUT2D eigenvalue weighted by molar-refractivity contribution is 5.22. The van der Waals surface area contributed by atoms with E-state index in [9.17, 15) is 0 Å². The fourth-order valence-corrected chi connectivity index (χ4v) is 2.35. The lowest BCUT2D eigenvalue weighted by Crippen LogP contribution is -2.46. The molecule has 4 nitrogen and oxygen atoms in total. The van der Waals surface area contributed by atoms with Gasteiger partial charge < -0.3 is 10.8 Å². The minimum atomic E-state index is 0.264. The van der Waals surface area contributed by atoms with Crippen molar-refractivity contribution in [2.75, 3.05) is 39.3 Å². The Morgan fingerprint density at radius 1 is 0.944 bits per heavy atom. The summed E-state index contributed by atoms with van der Waals surface area (Å²) in [5, 5.41) is 8.90. The lowest BCUT2D eigenvalue weighted by atomic mass is 10.1. The first kappa shape index (κ1) is 13.5. The van der Waals surface area contributed by atoms with Crippen molar-refractivity contribution in [2.24, 2.45) is 5.73 Å². The monoisotopic (exact) mass is 249 g/mol. The van der Waals surface area contributed by atoms with Crippen LogP contribution in [0.3, 0.4) is 0 Å². The Hall–Kier alpha value is -0.940. The SMILES string of the molecule is NCc1ccc(CN2CCN(CCO)CC2)cc1. The van der Waals surface area contributed by atoms with Gasteiger partial charge in [0.15, 0.2) is 0 Å². The number of aliphatic hydroxyl groups is 1. The molecule has 4 heteroatoms. The van der Waals surface area contributed by atoms with Crippen LogP contribution in [0.4, 0.5) is 0 Å². The smallest absolute Gasteiger partial charge is 0.0558 e. The Labute approximate surface area is 109 Å². The van der Waals surface area contributed by atoms with Crippen LogP contribution in [-0.4, -0.2) is 54.2 Å². The maximum Gasteiger partial charge on any atom is 0.0558 e. The molecule has 1 heterocycles. The van der Waals surface area contributed by atoms with E-state index in [0.29, 0.717) is 6.54 Å². The number of hydrogen-bond acceptors (Lipinski definition) is 4. The van der Waals surface area contributed by atoms with Crippen molar-refractivity contribution in [3.05, 3.63) is 35.4 Å². The normalized spacial score (nSPS) is 18.1. The molecule has 0 aromatic heterocycles. The van der Waals surface area contributed by atoms with E-state index < -0.39 is 0 Å². The summed E-state index contributed by atoms with van der Waals surface area (Å²) in [6.07, 6.45) is 0. The van der Waals surface area contributed by atoms with Crippen molar-refractivity contribution in [1.29, 1.82) is 0 Å². The van der Waals surface area contributed by atoms with Crippen molar-refractivity contribution in [2.45, 2.75) is 13.1 Å². The molecule has 0 saturated carbocycles. The van der Waals surface area contributed by atoms with Crippen LogP contribution in [-0.2, 0) is 13.1 Å². The van der Waals surface area contributed by atoms with Crippen LogP contribution < -0.4 is 5.73 Å². The zero-order valence-electron chi connectivity index (χ0n) is 10.9. The zero-order valence-corrected chi connectivity index (χ0v) is 10.9. The first-order valence-electron chi connectivity index (χ1n) is 6.65. The fourth-order valence-electron chi connectivity index (χ4n) is 2.35. The summed E-state index contributed by atoms with van der Waals surface area (Å²) >= 11 is 0. The summed E-state index contributed by atoms with van der Waals surface area (Å²) in [4.78, 5) is 4.78. The molecule has 1 aliphatic heterocycles. The number of piperazine rings is 1. The van der Waals surface area contributed by atoms with E-state index in [1.165, 1.54) is 11.1 Å². The average Bonchev–Trinajstić information content (AvgIpc) is 2.42. The van der Waals surface area contributed by atoms with Crippen molar-refractivity contribution in [3.63, 3.8) is 0 Å². The quantitative estimate of drug-likeness (QED) is 0.786. The van der Waals surface area contributed by atoms with Gasteiger partial charge in [-0.15, -0.1) is 0 Å². The highest BCUT2D eigenvalue weighted by Crippen LogP contribution is 2.09. The molecule has 100 valence electrons. The maximum absolute atomic E-state index is 8.90. The van der Waals surface area contributed by atoms with Crippen molar-refractivity contribution < 1.29 is 5.11 Å². The molecule has 1 aromatic rings. The number of hydrogen-bond donors (Lipinski definition) is 2. The van der Waals surface area contributed by atoms with Gasteiger partial charge in [0.25, 0.3) is 0 Å². The van der Waals surface area contributed by atoms with Crippen LogP contribution in [0.25, 0.3) is 0 Å². The molecule has 1 aromatic carbocycles. The van der Waals surface area contributed by atoms with Crippen LogP contribution in [0.5, 0.6) is 0 Å². The topological polar surface area (TPSA) is 52.7 Å². The highest BCUT2D eigenvalue weighted by atomic mass is 16.3. The minimum Gasteiger partial charge on any atom is -0.395 e. The summed E-state index contributed by atoms with van der Waals surface area (Å²) < 4.78 is 0. The fraction of sp³-hybridized carbons (Fsp3) is 0.571. The average molecular weight is 249 g/mol. The van der Waals surface area contributed by atoms with Gasteiger partial charge in [0.2, 0.25) is 0 Å². The third-order valence-corrected chi connectivity index (χ3v) is 3.55. The van der Waals surface area contributed by atoms with Gasteiger partial charge in [-0.1, -0.05) is 24.3 Å². The van der Waals surface area contributed by atoms with E-state index in [2.05, 4.69) is 34.1 Å². The Balaban J connectivity index is 1.80. The summed E-state index contributed by atoms with van der Waals surface area (Å²) in [5.74, 6) is 0. The maximum atomic E-state index is 8.90. The van der Waals surface area contributed by atoms with E-state index >= 15 is 0 Å². The van der Waals surface area contributed by atoms with Crippen LogP contribution in [0.2, 0.25) is 0 Å². The first-order valence-corrected chi connectivity index (χ1v) is 6.65. The molecule has 0 spiro atoms. The van der Waals surface area contributed by atoms with E-state index in [1.807, 2.05) is 0 Å². The molecule has 2 rings (SSSR count). The summed E-state index contributed by atoms with van der Waals surface area (Å²) in [6.45, 7) is 6.97. The predicted molar refractivity (Wildman–Crippen MR) is 73.1 cm³/mol. The standard InChI is InChI=1S/C14H23N3O/c15-11-13-1-3-14(4-2-13)12-17-7-5-16(6-8-17)9-10-18/h1-4,18H,5-12,15H2.